The molecule has 0 aliphatic carbocycles. The number of nitrogens with zero attached hydrogens (tertiary/aromatic N) is 1. The Kier molecular flexibility index (Phi) is 6.17. The molecule has 1 aromatic carbocycles. The molecule has 1 aromatic rings. The number of ether oxygens (including phenoxy) is 2. The zero-order valence-corrected chi connectivity index (χ0v) is 12.1. The van der Waals surface area contributed by atoms with Crippen molar-refractivity contribution in [3.05, 3.63) is 23.8 Å². The first-order chi connectivity index (χ1) is 9.06. The molecule has 0 radical (unpaired) electrons. The highest BCUT2D eigenvalue weighted by atomic mass is 16.5. The minimum Gasteiger partial charge on any atom is -0.493 e. The van der Waals surface area contributed by atoms with Crippen LogP contribution in [0.25, 0.3) is 0 Å². The molecule has 4 nitrogen and oxygen atoms in total. The SMILES string of the molecule is COc1ccc(CNCC(C)C)cc1OC(C)C#N. The lowest BCUT2D eigenvalue weighted by Crippen LogP contribution is -2.19. The molecule has 0 fully saturated rings. The van der Waals surface area contributed by atoms with Gasteiger partial charge in [0, 0.05) is 6.54 Å². The Morgan fingerprint density at radius 1 is 1.26 bits per heavy atom. The molecule has 0 spiro atoms. The minimum atomic E-state index is -0.493. The first-order valence-corrected chi connectivity index (χ1v) is 6.50. The third-order valence-electron chi connectivity index (χ3n) is 2.60. The molecule has 0 saturated carbocycles. The molecule has 1 unspecified atom stereocenters. The maximum Gasteiger partial charge on any atom is 0.181 e. The van der Waals surface area contributed by atoms with Gasteiger partial charge in [-0.1, -0.05) is 19.9 Å². The third kappa shape index (κ3) is 5.19. The van der Waals surface area contributed by atoms with Crippen LogP contribution in [-0.4, -0.2) is 19.8 Å². The summed E-state index contributed by atoms with van der Waals surface area (Å²) in [7, 11) is 1.59. The van der Waals surface area contributed by atoms with E-state index >= 15 is 0 Å². The molecule has 1 N–H and O–H groups in total. The van der Waals surface area contributed by atoms with Crippen molar-refractivity contribution in [2.75, 3.05) is 13.7 Å². The minimum absolute atomic E-state index is 0.493. The summed E-state index contributed by atoms with van der Waals surface area (Å²) in [6.45, 7) is 7.80. The molecular formula is C15H22N2O2. The van der Waals surface area contributed by atoms with Crippen molar-refractivity contribution in [2.45, 2.75) is 33.4 Å². The van der Waals surface area contributed by atoms with Crippen LogP contribution in [0.1, 0.15) is 26.3 Å². The first kappa shape index (κ1) is 15.3. The summed E-state index contributed by atoms with van der Waals surface area (Å²) in [5.74, 6) is 1.88. The molecule has 0 heterocycles. The van der Waals surface area contributed by atoms with E-state index in [4.69, 9.17) is 14.7 Å². The second kappa shape index (κ2) is 7.65. The fraction of sp³-hybridized carbons (Fsp3) is 0.533. The second-order valence-corrected chi connectivity index (χ2v) is 4.90. The van der Waals surface area contributed by atoms with Gasteiger partial charge in [-0.2, -0.15) is 5.26 Å². The van der Waals surface area contributed by atoms with E-state index in [9.17, 15) is 0 Å². The van der Waals surface area contributed by atoms with E-state index < -0.39 is 6.10 Å². The molecule has 0 amide bonds. The summed E-state index contributed by atoms with van der Waals surface area (Å²) in [6, 6.07) is 7.83. The quantitative estimate of drug-likeness (QED) is 0.821. The molecule has 104 valence electrons. The molecular weight excluding hydrogens is 240 g/mol. The van der Waals surface area contributed by atoms with Gasteiger partial charge in [0.1, 0.15) is 6.07 Å². The van der Waals surface area contributed by atoms with Gasteiger partial charge in [0.05, 0.1) is 7.11 Å². The van der Waals surface area contributed by atoms with Crippen LogP contribution < -0.4 is 14.8 Å². The lowest BCUT2D eigenvalue weighted by Gasteiger charge is -2.14. The number of rotatable bonds is 7. The zero-order valence-electron chi connectivity index (χ0n) is 12.1. The van der Waals surface area contributed by atoms with E-state index in [0.717, 1.165) is 18.7 Å². The van der Waals surface area contributed by atoms with Crippen molar-refractivity contribution in [2.24, 2.45) is 5.92 Å². The summed E-state index contributed by atoms with van der Waals surface area (Å²) in [6.07, 6.45) is -0.493. The molecule has 0 bridgehead atoms. The predicted molar refractivity (Wildman–Crippen MR) is 75.2 cm³/mol. The topological polar surface area (TPSA) is 54.3 Å². The van der Waals surface area contributed by atoms with Gasteiger partial charge in [0.15, 0.2) is 17.6 Å². The summed E-state index contributed by atoms with van der Waals surface area (Å²) < 4.78 is 10.8. The molecule has 1 atom stereocenters. The first-order valence-electron chi connectivity index (χ1n) is 6.50. The molecule has 19 heavy (non-hydrogen) atoms. The van der Waals surface area contributed by atoms with Crippen LogP contribution in [0.4, 0.5) is 0 Å². The summed E-state index contributed by atoms with van der Waals surface area (Å²) in [5.41, 5.74) is 1.11. The Hall–Kier alpha value is -1.73. The van der Waals surface area contributed by atoms with Gasteiger partial charge in [-0.3, -0.25) is 0 Å². The second-order valence-electron chi connectivity index (χ2n) is 4.90. The molecule has 1 rings (SSSR count). The van der Waals surface area contributed by atoms with Gasteiger partial charge in [-0.15, -0.1) is 0 Å². The Morgan fingerprint density at radius 2 is 2.00 bits per heavy atom. The molecule has 4 heteroatoms. The van der Waals surface area contributed by atoms with Gasteiger partial charge in [-0.25, -0.2) is 0 Å². The van der Waals surface area contributed by atoms with Gasteiger partial charge < -0.3 is 14.8 Å². The van der Waals surface area contributed by atoms with Crippen molar-refractivity contribution in [1.29, 1.82) is 5.26 Å². The number of benzene rings is 1. The van der Waals surface area contributed by atoms with Crippen molar-refractivity contribution in [3.8, 4) is 17.6 Å². The molecule has 0 aliphatic rings. The Morgan fingerprint density at radius 3 is 2.58 bits per heavy atom. The van der Waals surface area contributed by atoms with Crippen molar-refractivity contribution < 1.29 is 9.47 Å². The lowest BCUT2D eigenvalue weighted by molar-refractivity contribution is 0.259. The maximum atomic E-state index is 8.80. The zero-order chi connectivity index (χ0) is 14.3. The van der Waals surface area contributed by atoms with Crippen LogP contribution in [-0.2, 0) is 6.54 Å². The smallest absolute Gasteiger partial charge is 0.181 e. The standard InChI is InChI=1S/C15H22N2O2/c1-11(2)9-17-10-13-5-6-14(18-4)15(7-13)19-12(3)8-16/h5-7,11-12,17H,9-10H2,1-4H3. The van der Waals surface area contributed by atoms with Crippen LogP contribution in [0.3, 0.4) is 0 Å². The normalized spacial score (nSPS) is 12.0. The number of hydrogen-bond acceptors (Lipinski definition) is 4. The maximum absolute atomic E-state index is 8.80. The van der Waals surface area contributed by atoms with Crippen molar-refractivity contribution in [1.82, 2.24) is 5.32 Å². The van der Waals surface area contributed by atoms with Crippen molar-refractivity contribution >= 4 is 0 Å². The van der Waals surface area contributed by atoms with Gasteiger partial charge >= 0.3 is 0 Å². The van der Waals surface area contributed by atoms with E-state index in [1.807, 2.05) is 24.3 Å². The average Bonchev–Trinajstić information content (AvgIpc) is 2.38. The largest absolute Gasteiger partial charge is 0.493 e. The van der Waals surface area contributed by atoms with Gasteiger partial charge in [0.2, 0.25) is 0 Å². The van der Waals surface area contributed by atoms with E-state index in [1.165, 1.54) is 0 Å². The van der Waals surface area contributed by atoms with E-state index in [-0.39, 0.29) is 0 Å². The number of hydrogen-bond donors (Lipinski definition) is 1. The highest BCUT2D eigenvalue weighted by Crippen LogP contribution is 2.28. The summed E-state index contributed by atoms with van der Waals surface area (Å²) in [5, 5.41) is 12.2. The summed E-state index contributed by atoms with van der Waals surface area (Å²) in [4.78, 5) is 0. The Bertz CT molecular complexity index is 438. The third-order valence-corrected chi connectivity index (χ3v) is 2.60. The highest BCUT2D eigenvalue weighted by molar-refractivity contribution is 5.43. The Labute approximate surface area is 115 Å². The Balaban J connectivity index is 2.74. The van der Waals surface area contributed by atoms with Gasteiger partial charge in [0.25, 0.3) is 0 Å². The fourth-order valence-corrected chi connectivity index (χ4v) is 1.65. The van der Waals surface area contributed by atoms with E-state index in [1.54, 1.807) is 14.0 Å². The monoisotopic (exact) mass is 262 g/mol. The molecule has 0 aromatic heterocycles. The fourth-order valence-electron chi connectivity index (χ4n) is 1.65. The number of nitrogens with one attached hydrogen (secondary N) is 1. The van der Waals surface area contributed by atoms with Crippen LogP contribution in [0.15, 0.2) is 18.2 Å². The lowest BCUT2D eigenvalue weighted by atomic mass is 10.1. The number of methoxy groups -OCH3 is 1. The van der Waals surface area contributed by atoms with E-state index in [0.29, 0.717) is 17.4 Å². The van der Waals surface area contributed by atoms with Crippen LogP contribution in [0.5, 0.6) is 11.5 Å². The predicted octanol–water partition coefficient (Wildman–Crippen LogP) is 2.73. The van der Waals surface area contributed by atoms with Crippen LogP contribution in [0, 0.1) is 17.2 Å². The van der Waals surface area contributed by atoms with E-state index in [2.05, 4.69) is 19.2 Å². The summed E-state index contributed by atoms with van der Waals surface area (Å²) >= 11 is 0. The molecule has 0 aliphatic heterocycles. The van der Waals surface area contributed by atoms with Crippen LogP contribution in [0.2, 0.25) is 0 Å². The average molecular weight is 262 g/mol. The van der Waals surface area contributed by atoms with Crippen molar-refractivity contribution in [3.63, 3.8) is 0 Å². The number of nitriles is 1. The molecule has 0 saturated heterocycles. The van der Waals surface area contributed by atoms with Gasteiger partial charge in [-0.05, 0) is 37.1 Å². The van der Waals surface area contributed by atoms with Crippen LogP contribution >= 0.6 is 0 Å². The highest BCUT2D eigenvalue weighted by Gasteiger charge is 2.09.